The first-order valence-electron chi connectivity index (χ1n) is 5.59. The molecule has 1 aromatic rings. The lowest BCUT2D eigenvalue weighted by Crippen LogP contribution is -2.13. The Kier molecular flexibility index (Phi) is 1.72. The third-order valence-corrected chi connectivity index (χ3v) is 4.12. The van der Waals surface area contributed by atoms with E-state index in [1.807, 2.05) is 0 Å². The molecule has 1 aromatic carbocycles. The monoisotopic (exact) mass is 187 g/mol. The van der Waals surface area contributed by atoms with Crippen molar-refractivity contribution in [3.05, 3.63) is 34.9 Å². The fourth-order valence-electron chi connectivity index (χ4n) is 3.43. The van der Waals surface area contributed by atoms with Gasteiger partial charge in [0.15, 0.2) is 0 Å². The van der Waals surface area contributed by atoms with E-state index >= 15 is 0 Å². The Labute approximate surface area is 85.5 Å². The second-order valence-electron chi connectivity index (χ2n) is 4.80. The van der Waals surface area contributed by atoms with Crippen LogP contribution >= 0.6 is 0 Å². The van der Waals surface area contributed by atoms with Crippen LogP contribution in [0.5, 0.6) is 0 Å². The Morgan fingerprint density at radius 1 is 1.29 bits per heavy atom. The van der Waals surface area contributed by atoms with Crippen LogP contribution in [0, 0.1) is 12.8 Å². The molecule has 0 amide bonds. The van der Waals surface area contributed by atoms with Gasteiger partial charge < -0.3 is 5.32 Å². The first-order chi connectivity index (χ1) is 6.79. The van der Waals surface area contributed by atoms with Gasteiger partial charge in [-0.25, -0.2) is 0 Å². The molecule has 1 saturated heterocycles. The zero-order valence-electron chi connectivity index (χ0n) is 8.88. The summed E-state index contributed by atoms with van der Waals surface area (Å²) in [6.45, 7) is 7.04. The maximum atomic E-state index is 3.52. The third kappa shape index (κ3) is 0.936. The summed E-state index contributed by atoms with van der Waals surface area (Å²) < 4.78 is 0. The van der Waals surface area contributed by atoms with E-state index in [0.29, 0.717) is 0 Å². The van der Waals surface area contributed by atoms with Gasteiger partial charge in [-0.15, -0.1) is 0 Å². The molecule has 74 valence electrons. The van der Waals surface area contributed by atoms with E-state index < -0.39 is 0 Å². The first kappa shape index (κ1) is 8.49. The molecule has 1 fully saturated rings. The molecule has 1 nitrogen and oxygen atoms in total. The van der Waals surface area contributed by atoms with Crippen LogP contribution in [0.15, 0.2) is 18.2 Å². The molecular formula is C13H17N. The number of aryl methyl sites for hydroxylation is 1. The Morgan fingerprint density at radius 3 is 3.00 bits per heavy atom. The molecule has 14 heavy (non-hydrogen) atoms. The number of nitrogens with one attached hydrogen (secondary N) is 1. The molecule has 1 heterocycles. The van der Waals surface area contributed by atoms with Crippen LogP contribution in [0.4, 0.5) is 0 Å². The van der Waals surface area contributed by atoms with E-state index in [-0.39, 0.29) is 0 Å². The molecule has 0 radical (unpaired) electrons. The number of hydrogen-bond acceptors (Lipinski definition) is 1. The van der Waals surface area contributed by atoms with Gasteiger partial charge in [-0.2, -0.15) is 0 Å². The van der Waals surface area contributed by atoms with E-state index in [1.54, 1.807) is 11.1 Å². The van der Waals surface area contributed by atoms with Crippen molar-refractivity contribution in [2.24, 2.45) is 5.92 Å². The molecular weight excluding hydrogens is 170 g/mol. The average molecular weight is 187 g/mol. The van der Waals surface area contributed by atoms with Gasteiger partial charge >= 0.3 is 0 Å². The predicted molar refractivity (Wildman–Crippen MR) is 58.7 cm³/mol. The van der Waals surface area contributed by atoms with Crippen LogP contribution in [-0.4, -0.2) is 13.1 Å². The van der Waals surface area contributed by atoms with Gasteiger partial charge in [-0.05, 0) is 42.0 Å². The first-order valence-corrected chi connectivity index (χ1v) is 5.59. The van der Waals surface area contributed by atoms with E-state index in [2.05, 4.69) is 37.4 Å². The molecule has 3 atom stereocenters. The van der Waals surface area contributed by atoms with Crippen molar-refractivity contribution < 1.29 is 0 Å². The zero-order chi connectivity index (χ0) is 9.71. The van der Waals surface area contributed by atoms with Crippen LogP contribution in [0.3, 0.4) is 0 Å². The molecule has 1 aliphatic carbocycles. The Morgan fingerprint density at radius 2 is 2.14 bits per heavy atom. The highest BCUT2D eigenvalue weighted by molar-refractivity contribution is 5.45. The summed E-state index contributed by atoms with van der Waals surface area (Å²) in [5, 5.41) is 3.52. The van der Waals surface area contributed by atoms with Crippen molar-refractivity contribution in [3.63, 3.8) is 0 Å². The Hall–Kier alpha value is -0.820. The van der Waals surface area contributed by atoms with Crippen molar-refractivity contribution >= 4 is 0 Å². The Balaban J connectivity index is 2.17. The maximum absolute atomic E-state index is 3.52. The van der Waals surface area contributed by atoms with Crippen LogP contribution in [0.1, 0.15) is 35.4 Å². The van der Waals surface area contributed by atoms with Gasteiger partial charge in [0.05, 0.1) is 0 Å². The molecule has 1 aliphatic heterocycles. The van der Waals surface area contributed by atoms with E-state index in [9.17, 15) is 0 Å². The van der Waals surface area contributed by atoms with Crippen molar-refractivity contribution in [2.75, 3.05) is 13.1 Å². The minimum absolute atomic E-state index is 0.756. The van der Waals surface area contributed by atoms with E-state index in [0.717, 1.165) is 17.8 Å². The van der Waals surface area contributed by atoms with Gasteiger partial charge in [0.25, 0.3) is 0 Å². The Bertz CT molecular complexity index is 369. The van der Waals surface area contributed by atoms with Gasteiger partial charge in [0.2, 0.25) is 0 Å². The van der Waals surface area contributed by atoms with Crippen molar-refractivity contribution in [3.8, 4) is 0 Å². The lowest BCUT2D eigenvalue weighted by atomic mass is 9.90. The smallest absolute Gasteiger partial charge is 0.00237 e. The third-order valence-electron chi connectivity index (χ3n) is 4.12. The fourth-order valence-corrected chi connectivity index (χ4v) is 3.43. The zero-order valence-corrected chi connectivity index (χ0v) is 8.88. The SMILES string of the molecule is Cc1cccc2c1C(C)[C@@H]1CNC[C@H]21. The molecule has 1 unspecified atom stereocenters. The van der Waals surface area contributed by atoms with Crippen molar-refractivity contribution in [2.45, 2.75) is 25.7 Å². The highest BCUT2D eigenvalue weighted by Crippen LogP contribution is 2.48. The molecule has 2 aliphatic rings. The highest BCUT2D eigenvalue weighted by atomic mass is 14.9. The van der Waals surface area contributed by atoms with Crippen LogP contribution in [0.2, 0.25) is 0 Å². The molecule has 0 saturated carbocycles. The lowest BCUT2D eigenvalue weighted by molar-refractivity contribution is 0.486. The molecule has 0 bridgehead atoms. The number of hydrogen-bond donors (Lipinski definition) is 1. The standard InChI is InChI=1S/C13H17N/c1-8-4-3-5-10-12-7-14-6-11(12)9(2)13(8)10/h3-5,9,11-12,14H,6-7H2,1-2H3/t9?,11-,12+/m0/s1. The molecule has 0 aromatic heterocycles. The minimum atomic E-state index is 0.756. The molecule has 1 heteroatoms. The molecule has 1 N–H and O–H groups in total. The van der Waals surface area contributed by atoms with Gasteiger partial charge in [-0.1, -0.05) is 25.1 Å². The quantitative estimate of drug-likeness (QED) is 0.657. The number of benzene rings is 1. The number of rotatable bonds is 0. The average Bonchev–Trinajstić information content (AvgIpc) is 2.71. The van der Waals surface area contributed by atoms with E-state index in [4.69, 9.17) is 0 Å². The summed E-state index contributed by atoms with van der Waals surface area (Å²) >= 11 is 0. The lowest BCUT2D eigenvalue weighted by Gasteiger charge is -2.14. The highest BCUT2D eigenvalue weighted by Gasteiger charge is 2.41. The second-order valence-corrected chi connectivity index (χ2v) is 4.80. The summed E-state index contributed by atoms with van der Waals surface area (Å²) in [7, 11) is 0. The van der Waals surface area contributed by atoms with Crippen molar-refractivity contribution in [1.29, 1.82) is 0 Å². The maximum Gasteiger partial charge on any atom is 0.00237 e. The number of fused-ring (bicyclic) bond motifs is 3. The van der Waals surface area contributed by atoms with Gasteiger partial charge in [0, 0.05) is 12.5 Å². The predicted octanol–water partition coefficient (Wildman–Crippen LogP) is 2.42. The molecule has 0 spiro atoms. The van der Waals surface area contributed by atoms with Crippen molar-refractivity contribution in [1.82, 2.24) is 5.32 Å². The largest absolute Gasteiger partial charge is 0.316 e. The van der Waals surface area contributed by atoms with Gasteiger partial charge in [0.1, 0.15) is 0 Å². The van der Waals surface area contributed by atoms with Crippen LogP contribution in [0.25, 0.3) is 0 Å². The summed E-state index contributed by atoms with van der Waals surface area (Å²) in [6.07, 6.45) is 0. The van der Waals surface area contributed by atoms with Crippen LogP contribution in [-0.2, 0) is 0 Å². The normalized spacial score (nSPS) is 34.3. The summed E-state index contributed by atoms with van der Waals surface area (Å²) in [5.74, 6) is 2.40. The topological polar surface area (TPSA) is 12.0 Å². The van der Waals surface area contributed by atoms with E-state index in [1.165, 1.54) is 18.7 Å². The molecule has 3 rings (SSSR count). The van der Waals surface area contributed by atoms with Crippen LogP contribution < -0.4 is 5.32 Å². The summed E-state index contributed by atoms with van der Waals surface area (Å²) in [4.78, 5) is 0. The second kappa shape index (κ2) is 2.83. The minimum Gasteiger partial charge on any atom is -0.316 e. The summed E-state index contributed by atoms with van der Waals surface area (Å²) in [6, 6.07) is 6.79. The fraction of sp³-hybridized carbons (Fsp3) is 0.538. The van der Waals surface area contributed by atoms with Gasteiger partial charge in [-0.3, -0.25) is 0 Å². The summed E-state index contributed by atoms with van der Waals surface area (Å²) in [5.41, 5.74) is 4.75.